The molecule has 1 amide bonds. The van der Waals surface area contributed by atoms with Crippen LogP contribution in [0.5, 0.6) is 11.5 Å². The minimum Gasteiger partial charge on any atom is -0.454 e. The Morgan fingerprint density at radius 2 is 1.94 bits per heavy atom. The number of hydrogen-bond acceptors (Lipinski definition) is 8. The molecule has 158 valence electrons. The molecule has 10 heteroatoms. The van der Waals surface area contributed by atoms with Gasteiger partial charge in [-0.25, -0.2) is 9.78 Å². The maximum atomic E-state index is 12.9. The van der Waals surface area contributed by atoms with E-state index < -0.39 is 11.5 Å². The third-order valence-electron chi connectivity index (χ3n) is 5.01. The van der Waals surface area contributed by atoms with Crippen LogP contribution in [0.15, 0.2) is 57.7 Å². The monoisotopic (exact) mass is 446 g/mol. The maximum Gasteiger partial charge on any atom is 0.349 e. The van der Waals surface area contributed by atoms with Crippen molar-refractivity contribution in [3.8, 4) is 16.6 Å². The number of aryl methyl sites for hydroxylation is 1. The fourth-order valence-electron chi connectivity index (χ4n) is 3.53. The molecular weight excluding hydrogens is 432 g/mol. The number of thiazole rings is 1. The fourth-order valence-corrected chi connectivity index (χ4v) is 4.48. The molecule has 32 heavy (non-hydrogen) atoms. The van der Waals surface area contributed by atoms with E-state index in [-0.39, 0.29) is 12.4 Å². The van der Waals surface area contributed by atoms with E-state index in [1.165, 1.54) is 22.1 Å². The average Bonchev–Trinajstić information content (AvgIpc) is 3.48. The summed E-state index contributed by atoms with van der Waals surface area (Å²) in [4.78, 5) is 29.9. The van der Waals surface area contributed by atoms with Crippen molar-refractivity contribution in [3.63, 3.8) is 0 Å². The lowest BCUT2D eigenvalue weighted by Crippen LogP contribution is -2.22. The zero-order chi connectivity index (χ0) is 21.8. The van der Waals surface area contributed by atoms with E-state index in [0.717, 1.165) is 10.2 Å². The van der Waals surface area contributed by atoms with Gasteiger partial charge in [0.15, 0.2) is 11.5 Å². The van der Waals surface area contributed by atoms with Gasteiger partial charge < -0.3 is 19.2 Å². The van der Waals surface area contributed by atoms with Crippen LogP contribution in [0.4, 0.5) is 5.82 Å². The summed E-state index contributed by atoms with van der Waals surface area (Å²) in [5.74, 6) is 1.11. The third-order valence-corrected chi connectivity index (χ3v) is 6.01. The largest absolute Gasteiger partial charge is 0.454 e. The summed E-state index contributed by atoms with van der Waals surface area (Å²) in [5.41, 5.74) is 1.03. The Morgan fingerprint density at radius 1 is 1.12 bits per heavy atom. The van der Waals surface area contributed by atoms with Gasteiger partial charge in [0.05, 0.1) is 15.9 Å². The number of nitrogens with zero attached hydrogens (tertiary/aromatic N) is 3. The third kappa shape index (κ3) is 3.00. The molecule has 0 unspecified atom stereocenters. The standard InChI is InChI=1S/C22H14N4O5S/c1-11-6-19(24-20(27)13-7-12-4-2-3-5-15(12)31-21(13)28)26(25-11)22-23-14-8-16-17(30-10-29-16)9-18(14)32-22/h2-9H,10H2,1H3,(H,24,27). The van der Waals surface area contributed by atoms with Crippen LogP contribution in [-0.4, -0.2) is 27.5 Å². The Labute approximate surface area is 183 Å². The highest BCUT2D eigenvalue weighted by atomic mass is 32.1. The van der Waals surface area contributed by atoms with Gasteiger partial charge in [0.25, 0.3) is 5.91 Å². The summed E-state index contributed by atoms with van der Waals surface area (Å²) in [6.45, 7) is 2.00. The van der Waals surface area contributed by atoms with Gasteiger partial charge in [-0.05, 0) is 19.1 Å². The van der Waals surface area contributed by atoms with Gasteiger partial charge in [0.2, 0.25) is 11.9 Å². The lowest BCUT2D eigenvalue weighted by molar-refractivity contribution is 0.102. The van der Waals surface area contributed by atoms with E-state index >= 15 is 0 Å². The number of para-hydroxylation sites is 1. The highest BCUT2D eigenvalue weighted by molar-refractivity contribution is 7.20. The summed E-state index contributed by atoms with van der Waals surface area (Å²) in [6, 6.07) is 13.9. The highest BCUT2D eigenvalue weighted by Crippen LogP contribution is 2.39. The minimum absolute atomic E-state index is 0.0934. The number of aromatic nitrogens is 3. The number of anilines is 1. The second kappa shape index (κ2) is 6.92. The van der Waals surface area contributed by atoms with Crippen molar-refractivity contribution in [2.45, 2.75) is 6.92 Å². The zero-order valence-corrected chi connectivity index (χ0v) is 17.4. The number of benzene rings is 2. The molecule has 1 N–H and O–H groups in total. The molecule has 5 aromatic rings. The van der Waals surface area contributed by atoms with Gasteiger partial charge in [-0.3, -0.25) is 4.79 Å². The van der Waals surface area contributed by atoms with Crippen molar-refractivity contribution < 1.29 is 18.7 Å². The molecule has 1 aliphatic heterocycles. The van der Waals surface area contributed by atoms with Crippen molar-refractivity contribution in [2.75, 3.05) is 12.1 Å². The van der Waals surface area contributed by atoms with Crippen LogP contribution in [0.3, 0.4) is 0 Å². The molecule has 0 aliphatic carbocycles. The summed E-state index contributed by atoms with van der Waals surface area (Å²) in [7, 11) is 0. The number of hydrogen-bond donors (Lipinski definition) is 1. The van der Waals surface area contributed by atoms with Crippen molar-refractivity contribution in [1.82, 2.24) is 14.8 Å². The van der Waals surface area contributed by atoms with Crippen LogP contribution < -0.4 is 20.4 Å². The minimum atomic E-state index is -0.710. The molecule has 0 bridgehead atoms. The van der Waals surface area contributed by atoms with E-state index in [9.17, 15) is 9.59 Å². The van der Waals surface area contributed by atoms with Gasteiger partial charge in [0, 0.05) is 23.6 Å². The molecule has 2 aromatic carbocycles. The lowest BCUT2D eigenvalue weighted by Gasteiger charge is -2.06. The van der Waals surface area contributed by atoms with E-state index in [2.05, 4.69) is 15.4 Å². The molecule has 3 aromatic heterocycles. The normalized spacial score (nSPS) is 12.5. The highest BCUT2D eigenvalue weighted by Gasteiger charge is 2.21. The number of fused-ring (bicyclic) bond motifs is 3. The molecule has 0 saturated carbocycles. The van der Waals surface area contributed by atoms with E-state index in [1.807, 2.05) is 18.2 Å². The van der Waals surface area contributed by atoms with E-state index in [1.54, 1.807) is 31.2 Å². The number of carbonyl (C=O) groups is 1. The first-order chi connectivity index (χ1) is 15.5. The Balaban J connectivity index is 1.37. The molecule has 0 radical (unpaired) electrons. The average molecular weight is 446 g/mol. The second-order valence-corrected chi connectivity index (χ2v) is 8.20. The number of rotatable bonds is 3. The van der Waals surface area contributed by atoms with Crippen molar-refractivity contribution >= 4 is 44.2 Å². The van der Waals surface area contributed by atoms with Crippen LogP contribution >= 0.6 is 11.3 Å². The summed E-state index contributed by atoms with van der Waals surface area (Å²) >= 11 is 1.39. The Kier molecular flexibility index (Phi) is 4.02. The van der Waals surface area contributed by atoms with Gasteiger partial charge in [-0.1, -0.05) is 29.5 Å². The van der Waals surface area contributed by atoms with Crippen LogP contribution in [0, 0.1) is 6.92 Å². The molecule has 0 saturated heterocycles. The molecule has 6 rings (SSSR count). The first-order valence-electron chi connectivity index (χ1n) is 9.67. The Hall–Kier alpha value is -4.18. The number of nitrogens with one attached hydrogen (secondary N) is 1. The second-order valence-electron chi connectivity index (χ2n) is 7.19. The molecule has 1 aliphatic rings. The van der Waals surface area contributed by atoms with Crippen LogP contribution in [-0.2, 0) is 0 Å². The predicted octanol–water partition coefficient (Wildman–Crippen LogP) is 3.88. The van der Waals surface area contributed by atoms with Crippen molar-refractivity contribution in [1.29, 1.82) is 0 Å². The molecular formula is C22H14N4O5S. The first-order valence-corrected chi connectivity index (χ1v) is 10.5. The zero-order valence-electron chi connectivity index (χ0n) is 16.6. The molecule has 0 fully saturated rings. The fraction of sp³-hybridized carbons (Fsp3) is 0.0909. The molecule has 0 spiro atoms. The summed E-state index contributed by atoms with van der Waals surface area (Å²) in [5, 5.41) is 8.43. The summed E-state index contributed by atoms with van der Waals surface area (Å²) < 4.78 is 18.6. The van der Waals surface area contributed by atoms with Crippen molar-refractivity contribution in [2.24, 2.45) is 0 Å². The van der Waals surface area contributed by atoms with Crippen molar-refractivity contribution in [3.05, 3.63) is 70.2 Å². The molecule has 0 atom stereocenters. The number of carbonyl (C=O) groups excluding carboxylic acids is 1. The smallest absolute Gasteiger partial charge is 0.349 e. The SMILES string of the molecule is Cc1cc(NC(=O)c2cc3ccccc3oc2=O)n(-c2nc3cc4c(cc3s2)OCO4)n1. The van der Waals surface area contributed by atoms with Crippen LogP contribution in [0.25, 0.3) is 26.3 Å². The topological polar surface area (TPSA) is 108 Å². The number of amides is 1. The quantitative estimate of drug-likeness (QED) is 0.419. The van der Waals surface area contributed by atoms with Gasteiger partial charge >= 0.3 is 5.63 Å². The van der Waals surface area contributed by atoms with Gasteiger partial charge in [0.1, 0.15) is 17.0 Å². The maximum absolute atomic E-state index is 12.9. The van der Waals surface area contributed by atoms with Crippen LogP contribution in [0.1, 0.15) is 16.1 Å². The Morgan fingerprint density at radius 3 is 2.81 bits per heavy atom. The molecule has 9 nitrogen and oxygen atoms in total. The van der Waals surface area contributed by atoms with Gasteiger partial charge in [-0.2, -0.15) is 9.78 Å². The summed E-state index contributed by atoms with van der Waals surface area (Å²) in [6.07, 6.45) is 0. The van der Waals surface area contributed by atoms with E-state index in [0.29, 0.717) is 39.1 Å². The van der Waals surface area contributed by atoms with Crippen LogP contribution in [0.2, 0.25) is 0 Å². The first kappa shape index (κ1) is 18.6. The predicted molar refractivity (Wildman–Crippen MR) is 118 cm³/mol. The van der Waals surface area contributed by atoms with E-state index in [4.69, 9.17) is 13.9 Å². The molecule has 4 heterocycles. The van der Waals surface area contributed by atoms with Gasteiger partial charge in [-0.15, -0.1) is 0 Å². The Bertz CT molecular complexity index is 1560. The number of ether oxygens (including phenoxy) is 2. The lowest BCUT2D eigenvalue weighted by atomic mass is 10.2.